The second kappa shape index (κ2) is 6.19. The van der Waals surface area contributed by atoms with Crippen LogP contribution >= 0.6 is 91.2 Å². The number of hydrogen-bond acceptors (Lipinski definition) is 4. The van der Waals surface area contributed by atoms with Crippen molar-refractivity contribution in [3.05, 3.63) is 30.5 Å². The topological polar surface area (TPSA) is 26.3 Å². The fraction of sp³-hybridized carbons (Fsp3) is 0. The second-order valence-corrected chi connectivity index (χ2v) is 7.02. The monoisotopic (exact) mass is 402 g/mol. The molecule has 10 heteroatoms. The van der Waals surface area contributed by atoms with E-state index in [0.717, 1.165) is 21.6 Å². The number of rotatable bonds is 3. The average Bonchev–Trinajstić information content (AvgIpc) is 2.72. The van der Waals surface area contributed by atoms with Crippen molar-refractivity contribution in [2.24, 2.45) is 0 Å². The van der Waals surface area contributed by atoms with Gasteiger partial charge < -0.3 is 8.83 Å². The predicted molar refractivity (Wildman–Crippen MR) is 79.2 cm³/mol. The lowest BCUT2D eigenvalue weighted by molar-refractivity contribution is 0.475. The molecule has 2 aromatic heterocycles. The predicted octanol–water partition coefficient (Wildman–Crippen LogP) is 7.59. The average molecular weight is 405 g/mol. The third-order valence-electron chi connectivity index (χ3n) is 1.65. The second-order valence-electron chi connectivity index (χ2n) is 2.75. The van der Waals surface area contributed by atoms with E-state index in [9.17, 15) is 0 Å². The van der Waals surface area contributed by atoms with Gasteiger partial charge in [-0.25, -0.2) is 0 Å². The van der Waals surface area contributed by atoms with Crippen molar-refractivity contribution in [3.63, 3.8) is 0 Å². The fourth-order valence-electron chi connectivity index (χ4n) is 0.877. The molecule has 0 aliphatic rings. The van der Waals surface area contributed by atoms with E-state index in [0.29, 0.717) is 10.2 Å². The largest absolute Gasteiger partial charge is 0.434 e. The standard InChI is InChI=1S/C8Cl6O2S2/c9-1-3(11)7(15-5(1)13)17-18-8-4(12)2(10)6(14)16-8. The molecule has 0 saturated carbocycles. The molecule has 98 valence electrons. The van der Waals surface area contributed by atoms with Gasteiger partial charge in [0.1, 0.15) is 20.1 Å². The van der Waals surface area contributed by atoms with Crippen molar-refractivity contribution in [1.29, 1.82) is 0 Å². The zero-order valence-corrected chi connectivity index (χ0v) is 14.1. The molecule has 2 heterocycles. The maximum atomic E-state index is 5.90. The lowest BCUT2D eigenvalue weighted by Crippen LogP contribution is -1.63. The number of hydrogen-bond donors (Lipinski definition) is 0. The maximum Gasteiger partial charge on any atom is 0.215 e. The van der Waals surface area contributed by atoms with Gasteiger partial charge >= 0.3 is 0 Å². The van der Waals surface area contributed by atoms with Gasteiger partial charge in [0.2, 0.25) is 10.4 Å². The van der Waals surface area contributed by atoms with E-state index in [1.807, 2.05) is 0 Å². The molecule has 0 aromatic carbocycles. The molecular weight excluding hydrogens is 405 g/mol. The van der Waals surface area contributed by atoms with Crippen molar-refractivity contribution >= 4 is 91.2 Å². The molecule has 2 rings (SSSR count). The molecule has 0 saturated heterocycles. The lowest BCUT2D eigenvalue weighted by atomic mass is 10.6. The summed E-state index contributed by atoms with van der Waals surface area (Å²) in [5.74, 6) is 0. The Morgan fingerprint density at radius 2 is 0.889 bits per heavy atom. The Morgan fingerprint density at radius 3 is 1.11 bits per heavy atom. The normalized spacial score (nSPS) is 11.2. The molecule has 0 spiro atoms. The van der Waals surface area contributed by atoms with Gasteiger partial charge in [-0.15, -0.1) is 0 Å². The van der Waals surface area contributed by atoms with Crippen molar-refractivity contribution in [3.8, 4) is 0 Å². The van der Waals surface area contributed by atoms with Crippen LogP contribution < -0.4 is 0 Å². The molecule has 0 aliphatic carbocycles. The molecule has 0 radical (unpaired) electrons. The van der Waals surface area contributed by atoms with Crippen LogP contribution in [0.2, 0.25) is 30.5 Å². The van der Waals surface area contributed by atoms with Crippen LogP contribution in [-0.2, 0) is 0 Å². The first kappa shape index (κ1) is 15.4. The zero-order chi connectivity index (χ0) is 13.4. The van der Waals surface area contributed by atoms with Crippen LogP contribution in [0.1, 0.15) is 0 Å². The quantitative estimate of drug-likeness (QED) is 0.492. The first-order valence-electron chi connectivity index (χ1n) is 4.03. The summed E-state index contributed by atoms with van der Waals surface area (Å²) in [6.07, 6.45) is 0. The van der Waals surface area contributed by atoms with Crippen molar-refractivity contribution in [1.82, 2.24) is 0 Å². The highest BCUT2D eigenvalue weighted by Gasteiger charge is 2.21. The minimum Gasteiger partial charge on any atom is -0.434 e. The summed E-state index contributed by atoms with van der Waals surface area (Å²) >= 11 is 34.7. The van der Waals surface area contributed by atoms with Crippen LogP contribution in [0.15, 0.2) is 19.0 Å². The highest BCUT2D eigenvalue weighted by Crippen LogP contribution is 2.50. The Hall–Kier alpha value is 1.000. The van der Waals surface area contributed by atoms with E-state index in [2.05, 4.69) is 0 Å². The van der Waals surface area contributed by atoms with Gasteiger partial charge in [-0.2, -0.15) is 0 Å². The molecule has 0 amide bonds. The van der Waals surface area contributed by atoms with Gasteiger partial charge in [-0.1, -0.05) is 46.4 Å². The summed E-state index contributed by atoms with van der Waals surface area (Å²) in [5.41, 5.74) is 0. The first-order valence-corrected chi connectivity index (χ1v) is 8.44. The third-order valence-corrected chi connectivity index (χ3v) is 6.35. The van der Waals surface area contributed by atoms with E-state index in [-0.39, 0.29) is 30.5 Å². The molecule has 18 heavy (non-hydrogen) atoms. The van der Waals surface area contributed by atoms with Crippen LogP contribution in [0.3, 0.4) is 0 Å². The van der Waals surface area contributed by atoms with Crippen LogP contribution in [0, 0.1) is 0 Å². The van der Waals surface area contributed by atoms with Gasteiger partial charge in [0, 0.05) is 0 Å². The van der Waals surface area contributed by atoms with E-state index < -0.39 is 0 Å². The molecule has 0 aliphatic heterocycles. The van der Waals surface area contributed by atoms with Crippen molar-refractivity contribution < 1.29 is 8.83 Å². The number of halogens is 6. The minimum absolute atomic E-state index is 0.0198. The van der Waals surface area contributed by atoms with Gasteiger partial charge in [0.05, 0.1) is 0 Å². The Kier molecular flexibility index (Phi) is 5.29. The van der Waals surface area contributed by atoms with E-state index in [1.165, 1.54) is 0 Å². The Balaban J connectivity index is 2.16. The third kappa shape index (κ3) is 3.01. The summed E-state index contributed by atoms with van der Waals surface area (Å²) in [7, 11) is 2.25. The highest BCUT2D eigenvalue weighted by molar-refractivity contribution is 8.76. The first-order chi connectivity index (χ1) is 8.41. The van der Waals surface area contributed by atoms with E-state index in [1.54, 1.807) is 0 Å². The summed E-state index contributed by atoms with van der Waals surface area (Å²) in [4.78, 5) is 0. The summed E-state index contributed by atoms with van der Waals surface area (Å²) in [6.45, 7) is 0. The summed E-state index contributed by atoms with van der Waals surface area (Å²) in [6, 6.07) is 0. The SMILES string of the molecule is Clc1oc(SSc2oc(Cl)c(Cl)c2Cl)c(Cl)c1Cl. The minimum atomic E-state index is 0.0198. The molecule has 0 unspecified atom stereocenters. The van der Waals surface area contributed by atoms with Gasteiger partial charge in [0.25, 0.3) is 0 Å². The van der Waals surface area contributed by atoms with Crippen LogP contribution in [0.25, 0.3) is 0 Å². The molecule has 0 bridgehead atoms. The van der Waals surface area contributed by atoms with Gasteiger partial charge in [0.15, 0.2) is 10.2 Å². The van der Waals surface area contributed by atoms with Crippen LogP contribution in [-0.4, -0.2) is 0 Å². The summed E-state index contributed by atoms with van der Waals surface area (Å²) in [5, 5.41) is 1.45. The van der Waals surface area contributed by atoms with Gasteiger partial charge in [-0.05, 0) is 44.8 Å². The van der Waals surface area contributed by atoms with Crippen LogP contribution in [0.5, 0.6) is 0 Å². The molecule has 0 fully saturated rings. The zero-order valence-electron chi connectivity index (χ0n) is 7.90. The molecular formula is C8Cl6O2S2. The number of furan rings is 2. The molecule has 2 aromatic rings. The lowest BCUT2D eigenvalue weighted by Gasteiger charge is -1.95. The van der Waals surface area contributed by atoms with Crippen molar-refractivity contribution in [2.75, 3.05) is 0 Å². The highest BCUT2D eigenvalue weighted by atomic mass is 35.5. The molecule has 0 N–H and O–H groups in total. The van der Waals surface area contributed by atoms with E-state index in [4.69, 9.17) is 78.4 Å². The fourth-order valence-corrected chi connectivity index (χ4v) is 4.42. The molecule has 2 nitrogen and oxygen atoms in total. The van der Waals surface area contributed by atoms with Crippen molar-refractivity contribution in [2.45, 2.75) is 10.2 Å². The van der Waals surface area contributed by atoms with Crippen LogP contribution in [0.4, 0.5) is 0 Å². The smallest absolute Gasteiger partial charge is 0.215 e. The summed E-state index contributed by atoms with van der Waals surface area (Å²) < 4.78 is 10.3. The Morgan fingerprint density at radius 1 is 0.556 bits per heavy atom. The molecule has 0 atom stereocenters. The van der Waals surface area contributed by atoms with Gasteiger partial charge in [-0.3, -0.25) is 0 Å². The Bertz CT molecular complexity index is 541. The maximum absolute atomic E-state index is 5.90. The Labute approximate surface area is 140 Å². The van der Waals surface area contributed by atoms with E-state index >= 15 is 0 Å².